The fraction of sp³-hybridized carbons (Fsp3) is 0.643. The van der Waals surface area contributed by atoms with E-state index >= 15 is 0 Å². The molecule has 1 aromatic heterocycles. The van der Waals surface area contributed by atoms with Gasteiger partial charge in [0.25, 0.3) is 5.91 Å². The zero-order chi connectivity index (χ0) is 14.8. The Labute approximate surface area is 124 Å². The minimum Gasteiger partial charge on any atom is -0.352 e. The summed E-state index contributed by atoms with van der Waals surface area (Å²) in [5.74, 6) is 0.744. The molecular weight excluding hydrogens is 268 g/mol. The number of hydrogen-bond acceptors (Lipinski definition) is 6. The molecule has 1 N–H and O–H groups in total. The van der Waals surface area contributed by atoms with Crippen molar-refractivity contribution in [3.63, 3.8) is 0 Å². The normalized spacial score (nSPS) is 20.2. The number of nitrogens with one attached hydrogen (secondary N) is 1. The summed E-state index contributed by atoms with van der Waals surface area (Å²) < 4.78 is 0. The van der Waals surface area contributed by atoms with Gasteiger partial charge in [-0.1, -0.05) is 0 Å². The molecule has 1 aromatic rings. The standard InChI is InChI=1S/C14H22N6O/c1-18(2)14(21)12-3-4-13(17-16-12)20-9-11(10-20)19-7-5-15-6-8-19/h3-4,11,15H,5-10H2,1-2H3. The summed E-state index contributed by atoms with van der Waals surface area (Å²) in [7, 11) is 3.43. The average molecular weight is 290 g/mol. The summed E-state index contributed by atoms with van der Waals surface area (Å²) in [6, 6.07) is 4.26. The van der Waals surface area contributed by atoms with Crippen LogP contribution in [0.2, 0.25) is 0 Å². The Bertz CT molecular complexity index is 491. The quantitative estimate of drug-likeness (QED) is 0.792. The molecule has 21 heavy (non-hydrogen) atoms. The van der Waals surface area contributed by atoms with Crippen LogP contribution in [0.1, 0.15) is 10.5 Å². The average Bonchev–Trinajstić information content (AvgIpc) is 2.47. The number of hydrogen-bond donors (Lipinski definition) is 1. The molecule has 114 valence electrons. The molecule has 1 amide bonds. The van der Waals surface area contributed by atoms with Gasteiger partial charge in [0.2, 0.25) is 0 Å². The third-order valence-electron chi connectivity index (χ3n) is 4.13. The van der Waals surface area contributed by atoms with Gasteiger partial charge in [-0.25, -0.2) is 0 Å². The van der Waals surface area contributed by atoms with Crippen LogP contribution in [0, 0.1) is 0 Å². The largest absolute Gasteiger partial charge is 0.352 e. The van der Waals surface area contributed by atoms with Crippen molar-refractivity contribution in [1.29, 1.82) is 0 Å². The lowest BCUT2D eigenvalue weighted by molar-refractivity contribution is 0.0820. The molecule has 0 saturated carbocycles. The molecule has 3 rings (SSSR count). The molecule has 0 radical (unpaired) electrons. The van der Waals surface area contributed by atoms with E-state index in [2.05, 4.69) is 25.3 Å². The van der Waals surface area contributed by atoms with E-state index in [9.17, 15) is 4.79 Å². The maximum Gasteiger partial charge on any atom is 0.273 e. The Morgan fingerprint density at radius 3 is 2.52 bits per heavy atom. The van der Waals surface area contributed by atoms with Gasteiger partial charge in [-0.05, 0) is 12.1 Å². The lowest BCUT2D eigenvalue weighted by Gasteiger charge is -2.47. The van der Waals surface area contributed by atoms with Crippen LogP contribution in [0.15, 0.2) is 12.1 Å². The molecule has 0 aliphatic carbocycles. The first-order valence-corrected chi connectivity index (χ1v) is 7.40. The summed E-state index contributed by atoms with van der Waals surface area (Å²) in [4.78, 5) is 18.0. The van der Waals surface area contributed by atoms with E-state index in [1.165, 1.54) is 4.90 Å². The van der Waals surface area contributed by atoms with Crippen molar-refractivity contribution in [2.75, 3.05) is 58.3 Å². The minimum atomic E-state index is -0.114. The molecule has 2 saturated heterocycles. The molecule has 0 spiro atoms. The van der Waals surface area contributed by atoms with Crippen LogP contribution in [0.3, 0.4) is 0 Å². The van der Waals surface area contributed by atoms with Crippen LogP contribution < -0.4 is 10.2 Å². The van der Waals surface area contributed by atoms with E-state index < -0.39 is 0 Å². The highest BCUT2D eigenvalue weighted by atomic mass is 16.2. The Morgan fingerprint density at radius 2 is 1.95 bits per heavy atom. The number of anilines is 1. The molecular formula is C14H22N6O. The molecule has 0 aromatic carbocycles. The summed E-state index contributed by atoms with van der Waals surface area (Å²) in [5, 5.41) is 11.6. The van der Waals surface area contributed by atoms with Crippen LogP contribution in [0.5, 0.6) is 0 Å². The molecule has 2 fully saturated rings. The fourth-order valence-electron chi connectivity index (χ4n) is 2.76. The van der Waals surface area contributed by atoms with Crippen LogP contribution in [0.25, 0.3) is 0 Å². The highest BCUT2D eigenvalue weighted by Gasteiger charge is 2.33. The highest BCUT2D eigenvalue weighted by molar-refractivity contribution is 5.91. The fourth-order valence-corrected chi connectivity index (χ4v) is 2.76. The van der Waals surface area contributed by atoms with Gasteiger partial charge in [0.05, 0.1) is 0 Å². The van der Waals surface area contributed by atoms with Gasteiger partial charge >= 0.3 is 0 Å². The summed E-state index contributed by atoms with van der Waals surface area (Å²) in [6.45, 7) is 6.40. The third kappa shape index (κ3) is 2.98. The van der Waals surface area contributed by atoms with Crippen molar-refractivity contribution in [3.05, 3.63) is 17.8 Å². The van der Waals surface area contributed by atoms with E-state index in [4.69, 9.17) is 0 Å². The Hall–Kier alpha value is -1.73. The van der Waals surface area contributed by atoms with E-state index in [1.54, 1.807) is 20.2 Å². The van der Waals surface area contributed by atoms with E-state index in [-0.39, 0.29) is 5.91 Å². The summed E-state index contributed by atoms with van der Waals surface area (Å²) in [5.41, 5.74) is 0.392. The number of nitrogens with zero attached hydrogens (tertiary/aromatic N) is 5. The van der Waals surface area contributed by atoms with E-state index in [1.807, 2.05) is 6.07 Å². The lowest BCUT2D eigenvalue weighted by atomic mass is 10.1. The van der Waals surface area contributed by atoms with Crippen molar-refractivity contribution in [1.82, 2.24) is 25.3 Å². The van der Waals surface area contributed by atoms with Crippen LogP contribution in [-0.2, 0) is 0 Å². The number of carbonyl (C=O) groups is 1. The molecule has 0 unspecified atom stereocenters. The molecule has 2 aliphatic rings. The predicted octanol–water partition coefficient (Wildman–Crippen LogP) is -0.728. The van der Waals surface area contributed by atoms with E-state index in [0.29, 0.717) is 11.7 Å². The Kier molecular flexibility index (Phi) is 4.03. The zero-order valence-corrected chi connectivity index (χ0v) is 12.6. The van der Waals surface area contributed by atoms with Gasteiger partial charge < -0.3 is 15.1 Å². The van der Waals surface area contributed by atoms with Crippen molar-refractivity contribution in [2.24, 2.45) is 0 Å². The first kappa shape index (κ1) is 14.2. The van der Waals surface area contributed by atoms with Gasteiger partial charge in [0, 0.05) is 59.4 Å². The van der Waals surface area contributed by atoms with Gasteiger partial charge in [-0.15, -0.1) is 10.2 Å². The predicted molar refractivity (Wildman–Crippen MR) is 80.5 cm³/mol. The number of rotatable bonds is 3. The highest BCUT2D eigenvalue weighted by Crippen LogP contribution is 2.21. The molecule has 7 heteroatoms. The lowest BCUT2D eigenvalue weighted by Crippen LogP contribution is -2.63. The third-order valence-corrected chi connectivity index (χ3v) is 4.13. The van der Waals surface area contributed by atoms with Gasteiger partial charge in [0.1, 0.15) is 0 Å². The van der Waals surface area contributed by atoms with Crippen LogP contribution >= 0.6 is 0 Å². The molecule has 0 atom stereocenters. The number of carbonyl (C=O) groups excluding carboxylic acids is 1. The van der Waals surface area contributed by atoms with Crippen molar-refractivity contribution in [2.45, 2.75) is 6.04 Å². The zero-order valence-electron chi connectivity index (χ0n) is 12.6. The van der Waals surface area contributed by atoms with Gasteiger partial charge in [-0.2, -0.15) is 0 Å². The smallest absolute Gasteiger partial charge is 0.273 e. The minimum absolute atomic E-state index is 0.114. The second-order valence-electron chi connectivity index (χ2n) is 5.82. The Morgan fingerprint density at radius 1 is 1.24 bits per heavy atom. The molecule has 7 nitrogen and oxygen atoms in total. The van der Waals surface area contributed by atoms with Crippen LogP contribution in [0.4, 0.5) is 5.82 Å². The van der Waals surface area contributed by atoms with Crippen molar-refractivity contribution >= 4 is 11.7 Å². The number of piperazine rings is 1. The molecule has 3 heterocycles. The van der Waals surface area contributed by atoms with Crippen LogP contribution in [-0.4, -0.2) is 85.3 Å². The Balaban J connectivity index is 1.56. The number of amides is 1. The summed E-state index contributed by atoms with van der Waals surface area (Å²) in [6.07, 6.45) is 0. The first-order chi connectivity index (χ1) is 10.1. The second-order valence-corrected chi connectivity index (χ2v) is 5.82. The number of aromatic nitrogens is 2. The molecule has 0 bridgehead atoms. The maximum absolute atomic E-state index is 11.8. The first-order valence-electron chi connectivity index (χ1n) is 7.40. The maximum atomic E-state index is 11.8. The van der Waals surface area contributed by atoms with Crippen molar-refractivity contribution < 1.29 is 4.79 Å². The van der Waals surface area contributed by atoms with Crippen molar-refractivity contribution in [3.8, 4) is 0 Å². The topological polar surface area (TPSA) is 64.6 Å². The SMILES string of the molecule is CN(C)C(=O)c1ccc(N2CC(N3CCNCC3)C2)nn1. The van der Waals surface area contributed by atoms with E-state index in [0.717, 1.165) is 45.1 Å². The van der Waals surface area contributed by atoms with Gasteiger partial charge in [0.15, 0.2) is 11.5 Å². The van der Waals surface area contributed by atoms with Gasteiger partial charge in [-0.3, -0.25) is 9.69 Å². The molecule has 2 aliphatic heterocycles. The summed E-state index contributed by atoms with van der Waals surface area (Å²) >= 11 is 0. The monoisotopic (exact) mass is 290 g/mol. The second kappa shape index (κ2) is 5.95.